The molecule has 1 N–H and O–H groups in total. The second-order valence-electron chi connectivity index (χ2n) is 5.89. The van der Waals surface area contributed by atoms with Crippen molar-refractivity contribution >= 4 is 44.7 Å². The number of benzene rings is 2. The quantitative estimate of drug-likeness (QED) is 0.435. The highest BCUT2D eigenvalue weighted by atomic mass is 35.5. The van der Waals surface area contributed by atoms with E-state index in [0.717, 1.165) is 32.8 Å². The zero-order valence-corrected chi connectivity index (χ0v) is 15.9. The van der Waals surface area contributed by atoms with Crippen LogP contribution in [0.1, 0.15) is 5.56 Å². The molecule has 26 heavy (non-hydrogen) atoms. The van der Waals surface area contributed by atoms with Crippen LogP contribution in [0.15, 0.2) is 53.9 Å². The van der Waals surface area contributed by atoms with E-state index in [1.807, 2.05) is 24.3 Å². The average Bonchev–Trinajstić information content (AvgIpc) is 3.06. The van der Waals surface area contributed by atoms with E-state index >= 15 is 0 Å². The fraction of sp³-hybridized carbons (Fsp3) is 0.100. The molecule has 130 valence electrons. The van der Waals surface area contributed by atoms with Gasteiger partial charge in [0, 0.05) is 22.7 Å². The zero-order valence-electron chi connectivity index (χ0n) is 14.3. The number of hydrogen-bond acceptors (Lipinski definition) is 5. The molecule has 2 aromatic carbocycles. The molecule has 4 aromatic rings. The smallest absolute Gasteiger partial charge is 0.225 e. The first-order valence-electron chi connectivity index (χ1n) is 8.07. The number of ether oxygens (including phenoxy) is 1. The lowest BCUT2D eigenvalue weighted by Crippen LogP contribution is -1.97. The van der Waals surface area contributed by atoms with Crippen LogP contribution in [0.25, 0.3) is 21.3 Å². The third-order valence-corrected chi connectivity index (χ3v) is 5.14. The molecule has 2 heterocycles. The molecule has 0 saturated heterocycles. The van der Waals surface area contributed by atoms with Crippen LogP contribution in [0.2, 0.25) is 5.28 Å². The van der Waals surface area contributed by atoms with Crippen LogP contribution in [0.5, 0.6) is 5.75 Å². The molecule has 0 aliphatic carbocycles. The lowest BCUT2D eigenvalue weighted by atomic mass is 10.0. The minimum absolute atomic E-state index is 0.222. The van der Waals surface area contributed by atoms with Gasteiger partial charge in [-0.1, -0.05) is 35.9 Å². The molecule has 6 heteroatoms. The summed E-state index contributed by atoms with van der Waals surface area (Å²) in [6.45, 7) is 2.08. The summed E-state index contributed by atoms with van der Waals surface area (Å²) in [5.41, 5.74) is 4.32. The standard InChI is InChI=1S/C20H16ClN3OS/c1-12-6-8-13(9-7-12)16-11-26-19-17(16)18(23-20(21)24-19)22-14-4-3-5-15(10-14)25-2/h3-11H,1-2H3,(H,22,23,24). The molecular weight excluding hydrogens is 366 g/mol. The average molecular weight is 382 g/mol. The van der Waals surface area contributed by atoms with E-state index in [0.29, 0.717) is 5.82 Å². The molecule has 0 radical (unpaired) electrons. The number of methoxy groups -OCH3 is 1. The highest BCUT2D eigenvalue weighted by Gasteiger charge is 2.15. The van der Waals surface area contributed by atoms with Crippen molar-refractivity contribution in [1.29, 1.82) is 0 Å². The van der Waals surface area contributed by atoms with Gasteiger partial charge >= 0.3 is 0 Å². The van der Waals surface area contributed by atoms with Crippen molar-refractivity contribution in [2.24, 2.45) is 0 Å². The highest BCUT2D eigenvalue weighted by Crippen LogP contribution is 2.38. The van der Waals surface area contributed by atoms with E-state index in [1.54, 1.807) is 18.4 Å². The van der Waals surface area contributed by atoms with E-state index in [9.17, 15) is 0 Å². The molecule has 0 amide bonds. The number of anilines is 2. The summed E-state index contributed by atoms with van der Waals surface area (Å²) in [6.07, 6.45) is 0. The van der Waals surface area contributed by atoms with Crippen molar-refractivity contribution in [1.82, 2.24) is 9.97 Å². The third kappa shape index (κ3) is 3.23. The first-order chi connectivity index (χ1) is 12.6. The fourth-order valence-corrected chi connectivity index (χ4v) is 3.96. The van der Waals surface area contributed by atoms with Crippen LogP contribution < -0.4 is 10.1 Å². The van der Waals surface area contributed by atoms with Gasteiger partial charge in [0.1, 0.15) is 16.4 Å². The van der Waals surface area contributed by atoms with Crippen molar-refractivity contribution in [2.75, 3.05) is 12.4 Å². The van der Waals surface area contributed by atoms with Gasteiger partial charge in [0.15, 0.2) is 0 Å². The number of aryl methyl sites for hydroxylation is 1. The first-order valence-corrected chi connectivity index (χ1v) is 9.32. The van der Waals surface area contributed by atoms with Gasteiger partial charge in [0.2, 0.25) is 5.28 Å². The Morgan fingerprint density at radius 1 is 1.08 bits per heavy atom. The first kappa shape index (κ1) is 16.8. The lowest BCUT2D eigenvalue weighted by molar-refractivity contribution is 0.415. The maximum Gasteiger partial charge on any atom is 0.225 e. The van der Waals surface area contributed by atoms with Gasteiger partial charge in [-0.15, -0.1) is 11.3 Å². The van der Waals surface area contributed by atoms with Gasteiger partial charge in [0.25, 0.3) is 0 Å². The van der Waals surface area contributed by atoms with Gasteiger partial charge in [-0.25, -0.2) is 4.98 Å². The fourth-order valence-electron chi connectivity index (χ4n) is 2.79. The summed E-state index contributed by atoms with van der Waals surface area (Å²) < 4.78 is 5.30. The molecule has 4 nitrogen and oxygen atoms in total. The summed E-state index contributed by atoms with van der Waals surface area (Å²) in [5, 5.41) is 6.64. The zero-order chi connectivity index (χ0) is 18.1. The van der Waals surface area contributed by atoms with Gasteiger partial charge in [-0.05, 0) is 36.2 Å². The molecule has 0 spiro atoms. The number of nitrogens with one attached hydrogen (secondary N) is 1. The van der Waals surface area contributed by atoms with Gasteiger partial charge in [-0.2, -0.15) is 4.98 Å². The van der Waals surface area contributed by atoms with E-state index in [4.69, 9.17) is 16.3 Å². The molecule has 0 aliphatic rings. The number of fused-ring (bicyclic) bond motifs is 1. The SMILES string of the molecule is COc1cccc(Nc2nc(Cl)nc3scc(-c4ccc(C)cc4)c23)c1. The van der Waals surface area contributed by atoms with Crippen LogP contribution in [0, 0.1) is 6.92 Å². The minimum atomic E-state index is 0.222. The maximum atomic E-state index is 6.14. The second kappa shape index (κ2) is 6.94. The molecule has 0 atom stereocenters. The molecule has 0 unspecified atom stereocenters. The highest BCUT2D eigenvalue weighted by molar-refractivity contribution is 7.17. The van der Waals surface area contributed by atoms with Crippen LogP contribution in [-0.4, -0.2) is 17.1 Å². The van der Waals surface area contributed by atoms with Crippen molar-refractivity contribution in [3.63, 3.8) is 0 Å². The number of aromatic nitrogens is 2. The number of thiophene rings is 1. The summed E-state index contributed by atoms with van der Waals surface area (Å²) in [4.78, 5) is 9.67. The molecule has 0 bridgehead atoms. The van der Waals surface area contributed by atoms with Crippen molar-refractivity contribution in [2.45, 2.75) is 6.92 Å². The summed E-state index contributed by atoms with van der Waals surface area (Å²) in [5.74, 6) is 1.46. The summed E-state index contributed by atoms with van der Waals surface area (Å²) >= 11 is 7.70. The predicted molar refractivity (Wildman–Crippen MR) is 109 cm³/mol. The normalized spacial score (nSPS) is 10.9. The Morgan fingerprint density at radius 3 is 2.65 bits per heavy atom. The second-order valence-corrected chi connectivity index (χ2v) is 7.09. The molecule has 4 rings (SSSR count). The Labute approximate surface area is 160 Å². The van der Waals surface area contributed by atoms with Gasteiger partial charge in [-0.3, -0.25) is 0 Å². The molecule has 0 aliphatic heterocycles. The largest absolute Gasteiger partial charge is 0.497 e. The molecular formula is C20H16ClN3OS. The molecule has 0 saturated carbocycles. The number of nitrogens with zero attached hydrogens (tertiary/aromatic N) is 2. The number of halogens is 1. The Hall–Kier alpha value is -2.63. The lowest BCUT2D eigenvalue weighted by Gasteiger charge is -2.10. The van der Waals surface area contributed by atoms with Crippen LogP contribution in [0.3, 0.4) is 0 Å². The van der Waals surface area contributed by atoms with Gasteiger partial charge < -0.3 is 10.1 Å². The monoisotopic (exact) mass is 381 g/mol. The Morgan fingerprint density at radius 2 is 1.88 bits per heavy atom. The Balaban J connectivity index is 1.85. The van der Waals surface area contributed by atoms with Crippen LogP contribution in [-0.2, 0) is 0 Å². The predicted octanol–water partition coefficient (Wildman–Crippen LogP) is 6.07. The third-order valence-electron chi connectivity index (χ3n) is 4.10. The topological polar surface area (TPSA) is 47.0 Å². The number of rotatable bonds is 4. The van der Waals surface area contributed by atoms with E-state index < -0.39 is 0 Å². The summed E-state index contributed by atoms with van der Waals surface area (Å²) in [6, 6.07) is 16.1. The van der Waals surface area contributed by atoms with E-state index in [-0.39, 0.29) is 5.28 Å². The maximum absolute atomic E-state index is 6.14. The van der Waals surface area contributed by atoms with E-state index in [2.05, 4.69) is 51.9 Å². The van der Waals surface area contributed by atoms with Crippen LogP contribution in [0.4, 0.5) is 11.5 Å². The van der Waals surface area contributed by atoms with E-state index in [1.165, 1.54) is 5.56 Å². The van der Waals surface area contributed by atoms with Crippen molar-refractivity contribution < 1.29 is 4.74 Å². The van der Waals surface area contributed by atoms with Crippen LogP contribution >= 0.6 is 22.9 Å². The molecule has 2 aromatic heterocycles. The minimum Gasteiger partial charge on any atom is -0.497 e. The van der Waals surface area contributed by atoms with Crippen molar-refractivity contribution in [3.8, 4) is 16.9 Å². The summed E-state index contributed by atoms with van der Waals surface area (Å²) in [7, 11) is 1.65. The number of hydrogen-bond donors (Lipinski definition) is 1. The Kier molecular flexibility index (Phi) is 4.49. The van der Waals surface area contributed by atoms with Crippen molar-refractivity contribution in [3.05, 3.63) is 64.8 Å². The molecule has 0 fully saturated rings. The Bertz CT molecular complexity index is 1080. The van der Waals surface area contributed by atoms with Gasteiger partial charge in [0.05, 0.1) is 12.5 Å².